The fourth-order valence-corrected chi connectivity index (χ4v) is 2.92. The lowest BCUT2D eigenvalue weighted by Crippen LogP contribution is -2.41. The van der Waals surface area contributed by atoms with Crippen LogP contribution in [0.1, 0.15) is 39.5 Å². The van der Waals surface area contributed by atoms with Gasteiger partial charge < -0.3 is 14.4 Å². The van der Waals surface area contributed by atoms with Gasteiger partial charge in [-0.05, 0) is 50.7 Å². The molecule has 0 radical (unpaired) electrons. The zero-order valence-corrected chi connectivity index (χ0v) is 13.9. The predicted octanol–water partition coefficient (Wildman–Crippen LogP) is 3.50. The van der Waals surface area contributed by atoms with Crippen LogP contribution >= 0.6 is 0 Å². The molecule has 22 heavy (non-hydrogen) atoms. The quantitative estimate of drug-likeness (QED) is 0.807. The van der Waals surface area contributed by atoms with Crippen molar-refractivity contribution in [3.05, 3.63) is 24.3 Å². The van der Waals surface area contributed by atoms with Crippen molar-refractivity contribution in [2.24, 2.45) is 5.92 Å². The second-order valence-electron chi connectivity index (χ2n) is 6.09. The van der Waals surface area contributed by atoms with Crippen LogP contribution in [0.5, 0.6) is 11.5 Å². The van der Waals surface area contributed by atoms with Gasteiger partial charge in [0.15, 0.2) is 18.1 Å². The third-order valence-electron chi connectivity index (χ3n) is 4.43. The Bertz CT molecular complexity index is 481. The van der Waals surface area contributed by atoms with E-state index in [-0.39, 0.29) is 12.5 Å². The van der Waals surface area contributed by atoms with Gasteiger partial charge in [0.1, 0.15) is 0 Å². The first-order chi connectivity index (χ1) is 10.6. The zero-order valence-electron chi connectivity index (χ0n) is 13.9. The van der Waals surface area contributed by atoms with Crippen LogP contribution in [0.3, 0.4) is 0 Å². The van der Waals surface area contributed by atoms with Crippen LogP contribution < -0.4 is 9.47 Å². The van der Waals surface area contributed by atoms with Crippen LogP contribution in [-0.2, 0) is 4.79 Å². The fourth-order valence-electron chi connectivity index (χ4n) is 2.92. The van der Waals surface area contributed by atoms with E-state index in [1.54, 1.807) is 0 Å². The third kappa shape index (κ3) is 4.39. The number of likely N-dealkylation sites (N-methyl/N-ethyl adjacent to an activating group) is 1. The van der Waals surface area contributed by atoms with Gasteiger partial charge in [0.25, 0.3) is 5.91 Å². The third-order valence-corrected chi connectivity index (χ3v) is 4.43. The van der Waals surface area contributed by atoms with E-state index in [0.717, 1.165) is 18.8 Å². The summed E-state index contributed by atoms with van der Waals surface area (Å²) in [5.41, 5.74) is 0. The van der Waals surface area contributed by atoms with Gasteiger partial charge in [-0.2, -0.15) is 0 Å². The van der Waals surface area contributed by atoms with Crippen LogP contribution in [0.2, 0.25) is 0 Å². The number of hydrogen-bond donors (Lipinski definition) is 0. The highest BCUT2D eigenvalue weighted by molar-refractivity contribution is 5.77. The van der Waals surface area contributed by atoms with Crippen LogP contribution in [0.4, 0.5) is 0 Å². The summed E-state index contributed by atoms with van der Waals surface area (Å²) in [4.78, 5) is 14.2. The lowest BCUT2D eigenvalue weighted by atomic mass is 9.87. The SMILES string of the molecule is CCOc1ccccc1OCC(=O)N(C)C1CCC(C)CC1. The molecule has 122 valence electrons. The van der Waals surface area contributed by atoms with E-state index in [2.05, 4.69) is 6.92 Å². The Hall–Kier alpha value is -1.71. The number of carbonyl (C=O) groups is 1. The van der Waals surface area contributed by atoms with Gasteiger partial charge in [0.05, 0.1) is 6.61 Å². The Balaban J connectivity index is 1.87. The summed E-state index contributed by atoms with van der Waals surface area (Å²) in [7, 11) is 1.89. The molecular weight excluding hydrogens is 278 g/mol. The van der Waals surface area contributed by atoms with Crippen molar-refractivity contribution in [2.75, 3.05) is 20.3 Å². The van der Waals surface area contributed by atoms with Gasteiger partial charge >= 0.3 is 0 Å². The molecule has 0 saturated heterocycles. The van der Waals surface area contributed by atoms with Crippen molar-refractivity contribution in [1.82, 2.24) is 4.90 Å². The largest absolute Gasteiger partial charge is 0.490 e. The molecule has 0 heterocycles. The first kappa shape index (κ1) is 16.7. The molecule has 0 bridgehead atoms. The smallest absolute Gasteiger partial charge is 0.260 e. The molecule has 0 N–H and O–H groups in total. The van der Waals surface area contributed by atoms with Crippen LogP contribution in [0.15, 0.2) is 24.3 Å². The predicted molar refractivity (Wildman–Crippen MR) is 87.3 cm³/mol. The van der Waals surface area contributed by atoms with Crippen LogP contribution in [-0.4, -0.2) is 37.1 Å². The normalized spacial score (nSPS) is 21.2. The zero-order chi connectivity index (χ0) is 15.9. The maximum Gasteiger partial charge on any atom is 0.260 e. The summed E-state index contributed by atoms with van der Waals surface area (Å²) in [6.07, 6.45) is 4.60. The summed E-state index contributed by atoms with van der Waals surface area (Å²) < 4.78 is 11.2. The van der Waals surface area contributed by atoms with Gasteiger partial charge in [-0.15, -0.1) is 0 Å². The summed E-state index contributed by atoms with van der Waals surface area (Å²) in [6.45, 7) is 4.85. The molecule has 1 aliphatic carbocycles. The number of benzene rings is 1. The van der Waals surface area contributed by atoms with Crippen LogP contribution in [0.25, 0.3) is 0 Å². The second-order valence-corrected chi connectivity index (χ2v) is 6.09. The average molecular weight is 305 g/mol. The molecule has 0 spiro atoms. The van der Waals surface area contributed by atoms with E-state index in [1.807, 2.05) is 43.1 Å². The molecule has 0 aromatic heterocycles. The van der Waals surface area contributed by atoms with E-state index >= 15 is 0 Å². The topological polar surface area (TPSA) is 38.8 Å². The Morgan fingerprint density at radius 2 is 1.73 bits per heavy atom. The Labute approximate surface area is 133 Å². The summed E-state index contributed by atoms with van der Waals surface area (Å²) in [6, 6.07) is 7.83. The summed E-state index contributed by atoms with van der Waals surface area (Å²) in [5.74, 6) is 2.13. The molecule has 1 fully saturated rings. The van der Waals surface area contributed by atoms with E-state index in [4.69, 9.17) is 9.47 Å². The molecule has 0 atom stereocenters. The number of carbonyl (C=O) groups excluding carboxylic acids is 1. The number of amides is 1. The standard InChI is InChI=1S/C18H27NO3/c1-4-21-16-7-5-6-8-17(16)22-13-18(20)19(3)15-11-9-14(2)10-12-15/h5-8,14-15H,4,9-13H2,1-3H3. The van der Waals surface area contributed by atoms with Crippen molar-refractivity contribution in [3.63, 3.8) is 0 Å². The second kappa shape index (κ2) is 8.06. The van der Waals surface area contributed by atoms with Gasteiger partial charge in [0, 0.05) is 13.1 Å². The van der Waals surface area contributed by atoms with E-state index in [1.165, 1.54) is 12.8 Å². The van der Waals surface area contributed by atoms with Crippen molar-refractivity contribution in [2.45, 2.75) is 45.6 Å². The van der Waals surface area contributed by atoms with Gasteiger partial charge in [-0.25, -0.2) is 0 Å². The minimum Gasteiger partial charge on any atom is -0.490 e. The highest BCUT2D eigenvalue weighted by Crippen LogP contribution is 2.28. The Morgan fingerprint density at radius 1 is 1.14 bits per heavy atom. The van der Waals surface area contributed by atoms with Crippen molar-refractivity contribution in [1.29, 1.82) is 0 Å². The molecule has 1 saturated carbocycles. The van der Waals surface area contributed by atoms with Crippen molar-refractivity contribution in [3.8, 4) is 11.5 Å². The minimum absolute atomic E-state index is 0.0332. The number of ether oxygens (including phenoxy) is 2. The lowest BCUT2D eigenvalue weighted by molar-refractivity contribution is -0.134. The maximum absolute atomic E-state index is 12.3. The molecule has 4 nitrogen and oxygen atoms in total. The van der Waals surface area contributed by atoms with E-state index in [0.29, 0.717) is 24.1 Å². The minimum atomic E-state index is 0.0332. The summed E-state index contributed by atoms with van der Waals surface area (Å²) in [5, 5.41) is 0. The number of nitrogens with zero attached hydrogens (tertiary/aromatic N) is 1. The molecule has 0 unspecified atom stereocenters. The number of hydrogen-bond acceptors (Lipinski definition) is 3. The highest BCUT2D eigenvalue weighted by atomic mass is 16.5. The Kier molecular flexibility index (Phi) is 6.10. The molecule has 4 heteroatoms. The lowest BCUT2D eigenvalue weighted by Gasteiger charge is -2.33. The maximum atomic E-state index is 12.3. The molecular formula is C18H27NO3. The average Bonchev–Trinajstić information content (AvgIpc) is 2.54. The van der Waals surface area contributed by atoms with Crippen molar-refractivity contribution >= 4 is 5.91 Å². The van der Waals surface area contributed by atoms with Gasteiger partial charge in [-0.1, -0.05) is 19.1 Å². The highest BCUT2D eigenvalue weighted by Gasteiger charge is 2.25. The molecule has 1 aromatic rings. The number of rotatable bonds is 6. The van der Waals surface area contributed by atoms with Gasteiger partial charge in [-0.3, -0.25) is 4.79 Å². The van der Waals surface area contributed by atoms with Crippen LogP contribution in [0, 0.1) is 5.92 Å². The first-order valence-electron chi connectivity index (χ1n) is 8.22. The molecule has 0 aliphatic heterocycles. The first-order valence-corrected chi connectivity index (χ1v) is 8.22. The molecule has 1 aliphatic rings. The van der Waals surface area contributed by atoms with Gasteiger partial charge in [0.2, 0.25) is 0 Å². The van der Waals surface area contributed by atoms with E-state index < -0.39 is 0 Å². The molecule has 1 aromatic carbocycles. The fraction of sp³-hybridized carbons (Fsp3) is 0.611. The monoisotopic (exact) mass is 305 g/mol. The molecule has 2 rings (SSSR count). The van der Waals surface area contributed by atoms with Crippen molar-refractivity contribution < 1.29 is 14.3 Å². The Morgan fingerprint density at radius 3 is 2.32 bits per heavy atom. The summed E-state index contributed by atoms with van der Waals surface area (Å²) >= 11 is 0. The number of para-hydroxylation sites is 2. The molecule has 1 amide bonds. The van der Waals surface area contributed by atoms with E-state index in [9.17, 15) is 4.79 Å².